The zero-order valence-corrected chi connectivity index (χ0v) is 12.2. The monoisotopic (exact) mass is 280 g/mol. The summed E-state index contributed by atoms with van der Waals surface area (Å²) in [4.78, 5) is 8.68. The van der Waals surface area contributed by atoms with Crippen LogP contribution in [0.3, 0.4) is 0 Å². The summed E-state index contributed by atoms with van der Waals surface area (Å²) in [6.07, 6.45) is 1.75. The molecule has 0 spiro atoms. The van der Waals surface area contributed by atoms with E-state index < -0.39 is 0 Å². The summed E-state index contributed by atoms with van der Waals surface area (Å²) < 4.78 is 1.77. The van der Waals surface area contributed by atoms with Crippen LogP contribution in [0.5, 0.6) is 5.75 Å². The van der Waals surface area contributed by atoms with Crippen molar-refractivity contribution in [3.63, 3.8) is 0 Å². The van der Waals surface area contributed by atoms with E-state index in [0.717, 1.165) is 22.5 Å². The van der Waals surface area contributed by atoms with Gasteiger partial charge in [-0.05, 0) is 44.5 Å². The first-order valence-corrected chi connectivity index (χ1v) is 6.71. The molecule has 0 aliphatic rings. The minimum Gasteiger partial charge on any atom is -0.508 e. The first kappa shape index (κ1) is 13.3. The number of phenols is 1. The van der Waals surface area contributed by atoms with E-state index in [1.807, 2.05) is 45.0 Å². The van der Waals surface area contributed by atoms with E-state index in [1.165, 1.54) is 0 Å². The zero-order chi connectivity index (χ0) is 15.0. The van der Waals surface area contributed by atoms with Gasteiger partial charge in [-0.1, -0.05) is 12.1 Å². The minimum atomic E-state index is 0.255. The molecule has 5 nitrogen and oxygen atoms in total. The molecule has 0 aliphatic carbocycles. The molecule has 1 aromatic carbocycles. The van der Waals surface area contributed by atoms with Gasteiger partial charge < -0.3 is 5.11 Å². The highest BCUT2D eigenvalue weighted by Crippen LogP contribution is 2.26. The summed E-state index contributed by atoms with van der Waals surface area (Å²) in [6, 6.07) is 9.35. The fourth-order valence-electron chi connectivity index (χ4n) is 2.19. The highest BCUT2D eigenvalue weighted by atomic mass is 16.3. The maximum Gasteiger partial charge on any atom is 0.163 e. The molecule has 1 N–H and O–H groups in total. The molecule has 0 saturated carbocycles. The number of aromatic nitrogens is 4. The molecule has 2 aromatic heterocycles. The predicted octanol–water partition coefficient (Wildman–Crippen LogP) is 2.96. The van der Waals surface area contributed by atoms with Gasteiger partial charge in [0.2, 0.25) is 0 Å². The van der Waals surface area contributed by atoms with Crippen molar-refractivity contribution in [2.75, 3.05) is 0 Å². The normalized spacial score (nSPS) is 10.8. The molecule has 21 heavy (non-hydrogen) atoms. The standard InChI is InChI=1S/C16H16N4O/c1-10-4-5-13(9-15(10)21)16-18-12(3)19-20(16)14-6-7-17-11(2)8-14/h4-9,21H,1-3H3. The molecule has 0 radical (unpaired) electrons. The molecular weight excluding hydrogens is 264 g/mol. The number of hydrogen-bond donors (Lipinski definition) is 1. The van der Waals surface area contributed by atoms with Gasteiger partial charge in [0.1, 0.15) is 11.6 Å². The van der Waals surface area contributed by atoms with Crippen molar-refractivity contribution in [2.45, 2.75) is 20.8 Å². The van der Waals surface area contributed by atoms with Crippen LogP contribution in [0.4, 0.5) is 0 Å². The van der Waals surface area contributed by atoms with Crippen LogP contribution in [0.15, 0.2) is 36.5 Å². The van der Waals surface area contributed by atoms with Crippen LogP contribution in [0.25, 0.3) is 17.1 Å². The zero-order valence-electron chi connectivity index (χ0n) is 12.2. The second-order valence-electron chi connectivity index (χ2n) is 5.05. The average molecular weight is 280 g/mol. The molecule has 0 amide bonds. The molecule has 0 unspecified atom stereocenters. The van der Waals surface area contributed by atoms with Gasteiger partial charge in [-0.3, -0.25) is 4.98 Å². The maximum absolute atomic E-state index is 9.91. The number of nitrogens with zero attached hydrogens (tertiary/aromatic N) is 4. The van der Waals surface area contributed by atoms with Crippen molar-refractivity contribution in [1.82, 2.24) is 19.7 Å². The number of benzene rings is 1. The Morgan fingerprint density at radius 2 is 1.86 bits per heavy atom. The van der Waals surface area contributed by atoms with Crippen LogP contribution in [0.2, 0.25) is 0 Å². The molecule has 2 heterocycles. The third-order valence-corrected chi connectivity index (χ3v) is 3.31. The molecule has 3 rings (SSSR count). The highest BCUT2D eigenvalue weighted by Gasteiger charge is 2.13. The lowest BCUT2D eigenvalue weighted by atomic mass is 10.1. The summed E-state index contributed by atoms with van der Waals surface area (Å²) in [5.41, 5.74) is 3.48. The van der Waals surface area contributed by atoms with Crippen LogP contribution >= 0.6 is 0 Å². The molecule has 3 aromatic rings. The Balaban J connectivity index is 2.17. The Kier molecular flexibility index (Phi) is 3.17. The first-order chi connectivity index (χ1) is 10.0. The smallest absolute Gasteiger partial charge is 0.163 e. The van der Waals surface area contributed by atoms with Gasteiger partial charge in [-0.2, -0.15) is 5.10 Å². The summed E-state index contributed by atoms with van der Waals surface area (Å²) >= 11 is 0. The van der Waals surface area contributed by atoms with E-state index in [2.05, 4.69) is 15.1 Å². The second kappa shape index (κ2) is 5.01. The highest BCUT2D eigenvalue weighted by molar-refractivity contribution is 5.61. The third-order valence-electron chi connectivity index (χ3n) is 3.31. The van der Waals surface area contributed by atoms with E-state index in [0.29, 0.717) is 11.6 Å². The molecule has 5 heteroatoms. The van der Waals surface area contributed by atoms with E-state index >= 15 is 0 Å². The lowest BCUT2D eigenvalue weighted by molar-refractivity contribution is 0.471. The molecule has 0 atom stereocenters. The summed E-state index contributed by atoms with van der Waals surface area (Å²) in [5.74, 6) is 1.64. The maximum atomic E-state index is 9.91. The van der Waals surface area contributed by atoms with Gasteiger partial charge in [-0.15, -0.1) is 0 Å². The summed E-state index contributed by atoms with van der Waals surface area (Å²) in [7, 11) is 0. The van der Waals surface area contributed by atoms with Gasteiger partial charge in [0.25, 0.3) is 0 Å². The topological polar surface area (TPSA) is 63.8 Å². The summed E-state index contributed by atoms with van der Waals surface area (Å²) in [5, 5.41) is 14.4. The lowest BCUT2D eigenvalue weighted by Crippen LogP contribution is -2.00. The fraction of sp³-hybridized carbons (Fsp3) is 0.188. The lowest BCUT2D eigenvalue weighted by Gasteiger charge is -2.07. The van der Waals surface area contributed by atoms with Crippen LogP contribution in [-0.4, -0.2) is 24.9 Å². The number of pyridine rings is 1. The number of phenolic OH excluding ortho intramolecular Hbond substituents is 1. The number of rotatable bonds is 2. The summed E-state index contributed by atoms with van der Waals surface area (Å²) in [6.45, 7) is 5.65. The van der Waals surface area contributed by atoms with Crippen LogP contribution in [0.1, 0.15) is 17.1 Å². The van der Waals surface area contributed by atoms with Crippen LogP contribution < -0.4 is 0 Å². The molecule has 0 aliphatic heterocycles. The van der Waals surface area contributed by atoms with E-state index in [9.17, 15) is 5.11 Å². The molecular formula is C16H16N4O. The second-order valence-corrected chi connectivity index (χ2v) is 5.05. The van der Waals surface area contributed by atoms with Gasteiger partial charge in [0, 0.05) is 17.5 Å². The average Bonchev–Trinajstić information content (AvgIpc) is 2.84. The predicted molar refractivity (Wildman–Crippen MR) is 80.5 cm³/mol. The third kappa shape index (κ3) is 2.50. The molecule has 0 fully saturated rings. The van der Waals surface area contributed by atoms with E-state index in [4.69, 9.17) is 0 Å². The van der Waals surface area contributed by atoms with Crippen molar-refractivity contribution >= 4 is 0 Å². The number of aryl methyl sites for hydroxylation is 3. The van der Waals surface area contributed by atoms with E-state index in [1.54, 1.807) is 16.9 Å². The quantitative estimate of drug-likeness (QED) is 0.784. The van der Waals surface area contributed by atoms with Gasteiger partial charge in [-0.25, -0.2) is 9.67 Å². The van der Waals surface area contributed by atoms with Crippen molar-refractivity contribution in [2.24, 2.45) is 0 Å². The SMILES string of the molecule is Cc1cc(-n2nc(C)nc2-c2ccc(C)c(O)c2)ccn1. The van der Waals surface area contributed by atoms with Crippen molar-refractivity contribution in [1.29, 1.82) is 0 Å². The van der Waals surface area contributed by atoms with Crippen molar-refractivity contribution in [3.8, 4) is 22.8 Å². The number of aromatic hydroxyl groups is 1. The molecule has 106 valence electrons. The first-order valence-electron chi connectivity index (χ1n) is 6.71. The minimum absolute atomic E-state index is 0.255. The largest absolute Gasteiger partial charge is 0.508 e. The van der Waals surface area contributed by atoms with Gasteiger partial charge >= 0.3 is 0 Å². The Morgan fingerprint density at radius 1 is 1.05 bits per heavy atom. The molecule has 0 bridgehead atoms. The van der Waals surface area contributed by atoms with Crippen molar-refractivity contribution < 1.29 is 5.11 Å². The van der Waals surface area contributed by atoms with E-state index in [-0.39, 0.29) is 5.75 Å². The Morgan fingerprint density at radius 3 is 2.57 bits per heavy atom. The Labute approximate surface area is 122 Å². The van der Waals surface area contributed by atoms with Crippen LogP contribution in [0, 0.1) is 20.8 Å². The molecule has 0 saturated heterocycles. The Hall–Kier alpha value is -2.69. The van der Waals surface area contributed by atoms with Crippen molar-refractivity contribution in [3.05, 3.63) is 53.6 Å². The van der Waals surface area contributed by atoms with Gasteiger partial charge in [0.05, 0.1) is 5.69 Å². The Bertz CT molecular complexity index is 808. The van der Waals surface area contributed by atoms with Crippen LogP contribution in [-0.2, 0) is 0 Å². The van der Waals surface area contributed by atoms with Gasteiger partial charge in [0.15, 0.2) is 5.82 Å². The number of hydrogen-bond acceptors (Lipinski definition) is 4. The fourth-order valence-corrected chi connectivity index (χ4v) is 2.19.